The van der Waals surface area contributed by atoms with Crippen molar-refractivity contribution in [2.45, 2.75) is 0 Å². The molecule has 0 amide bonds. The van der Waals surface area contributed by atoms with Crippen LogP contribution in [0.2, 0.25) is 0 Å². The molecule has 30 heavy (non-hydrogen) atoms. The Bertz CT molecular complexity index is 1680. The Kier molecular flexibility index (Phi) is 2.75. The zero-order valence-electron chi connectivity index (χ0n) is 15.6. The highest BCUT2D eigenvalue weighted by Gasteiger charge is 2.17. The van der Waals surface area contributed by atoms with E-state index in [1.165, 1.54) is 0 Å². The van der Waals surface area contributed by atoms with Crippen LogP contribution in [0, 0.1) is 0 Å². The number of aromatic hydroxyl groups is 2. The average Bonchev–Trinajstić information content (AvgIpc) is 3.27. The average molecular weight is 390 g/mol. The first kappa shape index (κ1) is 15.7. The summed E-state index contributed by atoms with van der Waals surface area (Å²) in [7, 11) is 0. The molecule has 5 aromatic carbocycles. The van der Waals surface area contributed by atoms with Gasteiger partial charge in [0.25, 0.3) is 0 Å². The maximum absolute atomic E-state index is 9.82. The van der Waals surface area contributed by atoms with Crippen molar-refractivity contribution in [1.82, 2.24) is 0 Å². The second kappa shape index (κ2) is 5.24. The highest BCUT2D eigenvalue weighted by molar-refractivity contribution is 6.27. The Morgan fingerprint density at radius 1 is 0.433 bits per heavy atom. The summed E-state index contributed by atoms with van der Waals surface area (Å²) in [5, 5.41) is 27.6. The maximum Gasteiger partial charge on any atom is 0.136 e. The molecule has 0 fully saturated rings. The first-order chi connectivity index (χ1) is 14.6. The minimum absolute atomic E-state index is 0.235. The molecule has 2 aromatic heterocycles. The minimum atomic E-state index is 0.235. The van der Waals surface area contributed by atoms with Crippen LogP contribution in [0.25, 0.3) is 65.4 Å². The van der Waals surface area contributed by atoms with Crippen LogP contribution in [-0.2, 0) is 0 Å². The molecule has 4 heteroatoms. The Labute approximate surface area is 169 Å². The Balaban J connectivity index is 1.68. The summed E-state index contributed by atoms with van der Waals surface area (Å²) in [5.41, 5.74) is 3.14. The van der Waals surface area contributed by atoms with Crippen molar-refractivity contribution in [3.05, 3.63) is 72.8 Å². The molecule has 2 N–H and O–H groups in total. The van der Waals surface area contributed by atoms with E-state index in [9.17, 15) is 10.2 Å². The van der Waals surface area contributed by atoms with Crippen molar-refractivity contribution in [2.75, 3.05) is 0 Å². The molecule has 0 bridgehead atoms. The topological polar surface area (TPSA) is 66.7 Å². The van der Waals surface area contributed by atoms with E-state index in [1.807, 2.05) is 36.4 Å². The second-order valence-electron chi connectivity index (χ2n) is 7.78. The summed E-state index contributed by atoms with van der Waals surface area (Å²) in [6.07, 6.45) is 0. The van der Waals surface area contributed by atoms with Gasteiger partial charge in [-0.15, -0.1) is 0 Å². The van der Waals surface area contributed by atoms with Crippen molar-refractivity contribution in [1.29, 1.82) is 0 Å². The number of furan rings is 2. The van der Waals surface area contributed by atoms with Gasteiger partial charge in [-0.3, -0.25) is 0 Å². The van der Waals surface area contributed by atoms with E-state index in [0.29, 0.717) is 0 Å². The summed E-state index contributed by atoms with van der Waals surface area (Å²) in [6.45, 7) is 0. The summed E-state index contributed by atoms with van der Waals surface area (Å²) >= 11 is 0. The van der Waals surface area contributed by atoms with Crippen molar-refractivity contribution < 1.29 is 19.0 Å². The molecule has 0 aliphatic carbocycles. The van der Waals surface area contributed by atoms with Crippen LogP contribution in [0.1, 0.15) is 0 Å². The molecule has 4 nitrogen and oxygen atoms in total. The van der Waals surface area contributed by atoms with Gasteiger partial charge >= 0.3 is 0 Å². The number of hydrogen-bond acceptors (Lipinski definition) is 4. The summed E-state index contributed by atoms with van der Waals surface area (Å²) in [5.74, 6) is 0.471. The fourth-order valence-electron chi connectivity index (χ4n) is 4.59. The largest absolute Gasteiger partial charge is 0.508 e. The molecule has 142 valence electrons. The van der Waals surface area contributed by atoms with Crippen molar-refractivity contribution in [2.24, 2.45) is 0 Å². The number of hydrogen-bond donors (Lipinski definition) is 2. The molecule has 7 aromatic rings. The van der Waals surface area contributed by atoms with E-state index in [2.05, 4.69) is 12.1 Å². The van der Waals surface area contributed by atoms with Gasteiger partial charge in [-0.25, -0.2) is 0 Å². The zero-order chi connectivity index (χ0) is 20.0. The van der Waals surface area contributed by atoms with Crippen LogP contribution < -0.4 is 0 Å². The predicted molar refractivity (Wildman–Crippen MR) is 119 cm³/mol. The van der Waals surface area contributed by atoms with Crippen LogP contribution >= 0.6 is 0 Å². The number of rotatable bonds is 0. The van der Waals surface area contributed by atoms with E-state index >= 15 is 0 Å². The van der Waals surface area contributed by atoms with E-state index in [1.54, 1.807) is 24.3 Å². The smallest absolute Gasteiger partial charge is 0.136 e. The third-order valence-electron chi connectivity index (χ3n) is 5.95. The van der Waals surface area contributed by atoms with Crippen molar-refractivity contribution >= 4 is 65.4 Å². The van der Waals surface area contributed by atoms with E-state index in [-0.39, 0.29) is 11.5 Å². The molecule has 0 saturated carbocycles. The molecular formula is C26H14O4. The molecule has 0 spiro atoms. The summed E-state index contributed by atoms with van der Waals surface area (Å²) in [4.78, 5) is 0. The summed E-state index contributed by atoms with van der Waals surface area (Å²) < 4.78 is 12.3. The van der Waals surface area contributed by atoms with E-state index in [0.717, 1.165) is 65.4 Å². The van der Waals surface area contributed by atoms with Crippen molar-refractivity contribution in [3.63, 3.8) is 0 Å². The lowest BCUT2D eigenvalue weighted by atomic mass is 10.0. The van der Waals surface area contributed by atoms with Gasteiger partial charge in [0.2, 0.25) is 0 Å². The lowest BCUT2D eigenvalue weighted by Gasteiger charge is -2.00. The van der Waals surface area contributed by atoms with Crippen molar-refractivity contribution in [3.8, 4) is 11.5 Å². The van der Waals surface area contributed by atoms with Gasteiger partial charge < -0.3 is 19.0 Å². The normalized spacial score (nSPS) is 12.3. The van der Waals surface area contributed by atoms with Gasteiger partial charge in [-0.2, -0.15) is 0 Å². The monoisotopic (exact) mass is 390 g/mol. The lowest BCUT2D eigenvalue weighted by Crippen LogP contribution is -1.75. The van der Waals surface area contributed by atoms with Gasteiger partial charge in [0.15, 0.2) is 0 Å². The van der Waals surface area contributed by atoms with Crippen LogP contribution in [0.3, 0.4) is 0 Å². The maximum atomic E-state index is 9.82. The Morgan fingerprint density at radius 3 is 1.37 bits per heavy atom. The predicted octanol–water partition coefficient (Wildman–Crippen LogP) is 7.20. The van der Waals surface area contributed by atoms with Crippen LogP contribution in [-0.4, -0.2) is 10.2 Å². The highest BCUT2D eigenvalue weighted by Crippen LogP contribution is 2.42. The fraction of sp³-hybridized carbons (Fsp3) is 0. The lowest BCUT2D eigenvalue weighted by molar-refractivity contribution is 0.475. The molecule has 0 saturated heterocycles. The third kappa shape index (κ3) is 2.00. The molecule has 0 atom stereocenters. The molecular weight excluding hydrogens is 376 g/mol. The molecule has 2 heterocycles. The van der Waals surface area contributed by atoms with Gasteiger partial charge in [-0.05, 0) is 82.2 Å². The summed E-state index contributed by atoms with van der Waals surface area (Å²) in [6, 6.07) is 22.7. The first-order valence-corrected chi connectivity index (χ1v) is 9.71. The molecule has 0 unspecified atom stereocenters. The van der Waals surface area contributed by atoms with Gasteiger partial charge in [-0.1, -0.05) is 12.1 Å². The number of phenolic OH excluding ortho intramolecular Hbond substituents is 2. The molecule has 0 aliphatic rings. The quantitative estimate of drug-likeness (QED) is 0.287. The molecule has 0 radical (unpaired) electrons. The Morgan fingerprint density at radius 2 is 0.900 bits per heavy atom. The molecule has 7 rings (SSSR count). The number of fused-ring (bicyclic) bond motifs is 9. The zero-order valence-corrected chi connectivity index (χ0v) is 15.6. The van der Waals surface area contributed by atoms with E-state index < -0.39 is 0 Å². The molecule has 0 aliphatic heterocycles. The highest BCUT2D eigenvalue weighted by atomic mass is 16.3. The number of phenols is 2. The second-order valence-corrected chi connectivity index (χ2v) is 7.78. The first-order valence-electron chi connectivity index (χ1n) is 9.71. The number of benzene rings is 5. The van der Waals surface area contributed by atoms with Gasteiger partial charge in [0, 0.05) is 21.5 Å². The van der Waals surface area contributed by atoms with Crippen LogP contribution in [0.4, 0.5) is 0 Å². The van der Waals surface area contributed by atoms with Crippen LogP contribution in [0.5, 0.6) is 11.5 Å². The van der Waals surface area contributed by atoms with Gasteiger partial charge in [0.05, 0.1) is 0 Å². The standard InChI is InChI=1S/C26H14O4/c27-17-3-1-13-9-19-23(11-15(13)7-17)29-21-5-6-22-26(25(19)21)20-10-14-2-4-18(28)8-16(14)12-24(20)30-22/h1-12,27-28H. The van der Waals surface area contributed by atoms with Crippen LogP contribution in [0.15, 0.2) is 81.6 Å². The SMILES string of the molecule is Oc1ccc2cc3c(cc2c1)oc1ccc2oc4cc5cc(O)ccc5cc4c2c13. The third-order valence-corrected chi connectivity index (χ3v) is 5.95. The minimum Gasteiger partial charge on any atom is -0.508 e. The fourth-order valence-corrected chi connectivity index (χ4v) is 4.59. The van der Waals surface area contributed by atoms with Gasteiger partial charge in [0.1, 0.15) is 33.8 Å². The Hall–Kier alpha value is -4.18. The van der Waals surface area contributed by atoms with E-state index in [4.69, 9.17) is 8.83 Å².